The van der Waals surface area contributed by atoms with Gasteiger partial charge in [0.05, 0.1) is 0 Å². The van der Waals surface area contributed by atoms with Gasteiger partial charge >= 0.3 is 0 Å². The van der Waals surface area contributed by atoms with Crippen molar-refractivity contribution in [2.24, 2.45) is 0 Å². The van der Waals surface area contributed by atoms with Crippen LogP contribution >= 0.6 is 23.1 Å². The summed E-state index contributed by atoms with van der Waals surface area (Å²) in [6.07, 6.45) is 2.07. The van der Waals surface area contributed by atoms with Gasteiger partial charge in [-0.05, 0) is 12.8 Å². The van der Waals surface area contributed by atoms with Gasteiger partial charge in [-0.3, -0.25) is 0 Å². The van der Waals surface area contributed by atoms with Crippen molar-refractivity contribution in [1.29, 1.82) is 0 Å². The van der Waals surface area contributed by atoms with Gasteiger partial charge in [0.15, 0.2) is 0 Å². The highest BCUT2D eigenvalue weighted by atomic mass is 32.2. The Hall–Kier alpha value is -0.130. The molecular formula is C7H13N3S2. The van der Waals surface area contributed by atoms with E-state index in [2.05, 4.69) is 28.7 Å². The van der Waals surface area contributed by atoms with E-state index in [9.17, 15) is 0 Å². The summed E-state index contributed by atoms with van der Waals surface area (Å²) in [5, 5.41) is 13.6. The van der Waals surface area contributed by atoms with E-state index in [0.29, 0.717) is 0 Å². The van der Waals surface area contributed by atoms with Crippen LogP contribution in [0.1, 0.15) is 16.9 Å². The van der Waals surface area contributed by atoms with Gasteiger partial charge < -0.3 is 5.32 Å². The van der Waals surface area contributed by atoms with Crippen LogP contribution in [-0.2, 0) is 12.3 Å². The molecule has 0 unspecified atom stereocenters. The molecule has 1 aromatic heterocycles. The van der Waals surface area contributed by atoms with Crippen molar-refractivity contribution in [3.8, 4) is 0 Å². The molecule has 0 amide bonds. The van der Waals surface area contributed by atoms with Crippen LogP contribution in [0.15, 0.2) is 0 Å². The Bertz CT molecular complexity index is 224. The molecule has 0 aliphatic carbocycles. The van der Waals surface area contributed by atoms with Gasteiger partial charge in [-0.25, -0.2) is 0 Å². The molecule has 0 aromatic carbocycles. The zero-order valence-corrected chi connectivity index (χ0v) is 8.97. The van der Waals surface area contributed by atoms with Gasteiger partial charge in [0.2, 0.25) is 0 Å². The average molecular weight is 203 g/mol. The van der Waals surface area contributed by atoms with E-state index >= 15 is 0 Å². The number of hydrogen-bond donors (Lipinski definition) is 1. The number of thioether (sulfide) groups is 1. The lowest BCUT2D eigenvalue weighted by atomic mass is 10.6. The van der Waals surface area contributed by atoms with Crippen LogP contribution in [0, 0.1) is 0 Å². The van der Waals surface area contributed by atoms with Crippen molar-refractivity contribution in [1.82, 2.24) is 15.5 Å². The highest BCUT2D eigenvalue weighted by molar-refractivity contribution is 7.97. The lowest BCUT2D eigenvalue weighted by Crippen LogP contribution is -2.11. The van der Waals surface area contributed by atoms with Gasteiger partial charge in [0, 0.05) is 12.3 Å². The number of aromatic nitrogens is 2. The lowest BCUT2D eigenvalue weighted by molar-refractivity contribution is 0.714. The molecule has 5 heteroatoms. The molecule has 0 bridgehead atoms. The molecule has 0 saturated heterocycles. The predicted octanol–water partition coefficient (Wildman–Crippen LogP) is 1.51. The average Bonchev–Trinajstić information content (AvgIpc) is 2.50. The van der Waals surface area contributed by atoms with Gasteiger partial charge in [-0.1, -0.05) is 18.3 Å². The molecule has 1 rings (SSSR count). The molecular weight excluding hydrogens is 190 g/mol. The Kier molecular flexibility index (Phi) is 4.57. The smallest absolute Gasteiger partial charge is 0.131 e. The third kappa shape index (κ3) is 3.08. The number of nitrogens with zero attached hydrogens (tertiary/aromatic N) is 2. The van der Waals surface area contributed by atoms with E-state index in [1.54, 1.807) is 23.1 Å². The Labute approximate surface area is 81.0 Å². The lowest BCUT2D eigenvalue weighted by Gasteiger charge is -1.93. The number of nitrogens with one attached hydrogen (secondary N) is 1. The van der Waals surface area contributed by atoms with Crippen molar-refractivity contribution in [3.05, 3.63) is 10.0 Å². The van der Waals surface area contributed by atoms with E-state index in [1.807, 2.05) is 0 Å². The van der Waals surface area contributed by atoms with E-state index < -0.39 is 0 Å². The van der Waals surface area contributed by atoms with E-state index in [0.717, 1.165) is 28.9 Å². The van der Waals surface area contributed by atoms with Gasteiger partial charge in [-0.15, -0.1) is 10.2 Å². The van der Waals surface area contributed by atoms with Crippen molar-refractivity contribution in [3.63, 3.8) is 0 Å². The van der Waals surface area contributed by atoms with E-state index in [4.69, 9.17) is 0 Å². The molecule has 3 nitrogen and oxygen atoms in total. The van der Waals surface area contributed by atoms with Crippen LogP contribution in [0.3, 0.4) is 0 Å². The molecule has 0 aliphatic rings. The van der Waals surface area contributed by atoms with Crippen molar-refractivity contribution < 1.29 is 0 Å². The molecule has 0 aliphatic heterocycles. The van der Waals surface area contributed by atoms with Crippen molar-refractivity contribution in [2.45, 2.75) is 19.2 Å². The fourth-order valence-electron chi connectivity index (χ4n) is 0.774. The Morgan fingerprint density at radius 2 is 2.17 bits per heavy atom. The molecule has 0 saturated carbocycles. The summed E-state index contributed by atoms with van der Waals surface area (Å²) in [6, 6.07) is 0. The fraction of sp³-hybridized carbons (Fsp3) is 0.714. The topological polar surface area (TPSA) is 37.8 Å². The summed E-state index contributed by atoms with van der Waals surface area (Å²) in [5.74, 6) is 0.976. The predicted molar refractivity (Wildman–Crippen MR) is 54.5 cm³/mol. The van der Waals surface area contributed by atoms with Gasteiger partial charge in [-0.2, -0.15) is 11.8 Å². The first-order valence-corrected chi connectivity index (χ1v) is 6.08. The van der Waals surface area contributed by atoms with Crippen LogP contribution < -0.4 is 5.32 Å². The Morgan fingerprint density at radius 1 is 1.42 bits per heavy atom. The summed E-state index contributed by atoms with van der Waals surface area (Å²) in [4.78, 5) is 0. The molecule has 0 atom stereocenters. The number of rotatable bonds is 5. The largest absolute Gasteiger partial charge is 0.311 e. The molecule has 1 heterocycles. The van der Waals surface area contributed by atoms with Crippen LogP contribution in [0.5, 0.6) is 0 Å². The molecule has 0 fully saturated rings. The summed E-state index contributed by atoms with van der Waals surface area (Å²) in [6.45, 7) is 3.92. The maximum atomic E-state index is 4.07. The number of hydrogen-bond acceptors (Lipinski definition) is 5. The summed E-state index contributed by atoms with van der Waals surface area (Å²) >= 11 is 3.47. The second kappa shape index (κ2) is 5.50. The molecule has 0 radical (unpaired) electrons. The van der Waals surface area contributed by atoms with E-state index in [-0.39, 0.29) is 0 Å². The zero-order chi connectivity index (χ0) is 8.81. The maximum Gasteiger partial charge on any atom is 0.131 e. The second-order valence-corrected chi connectivity index (χ2v) is 4.32. The molecule has 0 spiro atoms. The van der Waals surface area contributed by atoms with Crippen molar-refractivity contribution in [2.75, 3.05) is 12.8 Å². The standard InChI is InChI=1S/C7H13N3S2/c1-3-8-4-6-9-10-7(12-6)5-11-2/h8H,3-5H2,1-2H3. The fourth-order valence-corrected chi connectivity index (χ4v) is 2.28. The molecule has 1 N–H and O–H groups in total. The van der Waals surface area contributed by atoms with E-state index in [1.165, 1.54) is 0 Å². The first-order chi connectivity index (χ1) is 5.86. The zero-order valence-electron chi connectivity index (χ0n) is 7.33. The monoisotopic (exact) mass is 203 g/mol. The minimum absolute atomic E-state index is 0.850. The third-order valence-corrected chi connectivity index (χ3v) is 2.97. The molecule has 1 aromatic rings. The van der Waals surface area contributed by atoms with Gasteiger partial charge in [0.25, 0.3) is 0 Å². The van der Waals surface area contributed by atoms with Crippen LogP contribution in [0.2, 0.25) is 0 Å². The first kappa shape index (κ1) is 9.95. The second-order valence-electron chi connectivity index (χ2n) is 2.30. The summed E-state index contributed by atoms with van der Waals surface area (Å²) in [5.41, 5.74) is 0. The molecule has 68 valence electrons. The van der Waals surface area contributed by atoms with Crippen LogP contribution in [-0.4, -0.2) is 23.0 Å². The van der Waals surface area contributed by atoms with Crippen LogP contribution in [0.4, 0.5) is 0 Å². The minimum Gasteiger partial charge on any atom is -0.311 e. The summed E-state index contributed by atoms with van der Waals surface area (Å²) in [7, 11) is 0. The summed E-state index contributed by atoms with van der Waals surface area (Å²) < 4.78 is 0. The highest BCUT2D eigenvalue weighted by Gasteiger charge is 2.01. The highest BCUT2D eigenvalue weighted by Crippen LogP contribution is 2.14. The first-order valence-electron chi connectivity index (χ1n) is 3.87. The third-order valence-electron chi connectivity index (χ3n) is 1.30. The quantitative estimate of drug-likeness (QED) is 0.787. The SMILES string of the molecule is CCNCc1nnc(CSC)s1. The molecule has 12 heavy (non-hydrogen) atoms. The Balaban J connectivity index is 2.41. The normalized spacial score (nSPS) is 10.5. The van der Waals surface area contributed by atoms with Crippen molar-refractivity contribution >= 4 is 23.1 Å². The van der Waals surface area contributed by atoms with Crippen LogP contribution in [0.25, 0.3) is 0 Å². The minimum atomic E-state index is 0.850. The van der Waals surface area contributed by atoms with Gasteiger partial charge in [0.1, 0.15) is 10.0 Å². The Morgan fingerprint density at radius 3 is 2.83 bits per heavy atom. The maximum absolute atomic E-state index is 4.07.